The molecule has 0 spiro atoms. The Morgan fingerprint density at radius 1 is 1.26 bits per heavy atom. The lowest BCUT2D eigenvalue weighted by Crippen LogP contribution is -2.42. The third-order valence-electron chi connectivity index (χ3n) is 3.49. The zero-order chi connectivity index (χ0) is 14.1. The molecule has 1 rings (SSSR count). The summed E-state index contributed by atoms with van der Waals surface area (Å²) in [5.41, 5.74) is 0. The van der Waals surface area contributed by atoms with E-state index in [0.29, 0.717) is 6.61 Å². The van der Waals surface area contributed by atoms with Crippen molar-refractivity contribution in [2.75, 3.05) is 26.2 Å². The number of carbonyl (C=O) groups excluding carboxylic acids is 1. The molecule has 0 aromatic carbocycles. The van der Waals surface area contributed by atoms with Gasteiger partial charge in [-0.3, -0.25) is 4.79 Å². The second kappa shape index (κ2) is 9.32. The molecular weight excluding hydrogens is 240 g/mol. The van der Waals surface area contributed by atoms with Crippen LogP contribution in [0.25, 0.3) is 0 Å². The SMILES string of the molecule is CCCNC(CCN(CCC)C1CC1)C(=O)OCC. The van der Waals surface area contributed by atoms with Gasteiger partial charge in [0.2, 0.25) is 0 Å². The van der Waals surface area contributed by atoms with Gasteiger partial charge in [0.15, 0.2) is 0 Å². The van der Waals surface area contributed by atoms with Gasteiger partial charge in [-0.05, 0) is 52.1 Å². The van der Waals surface area contributed by atoms with Gasteiger partial charge in [0.25, 0.3) is 0 Å². The maximum atomic E-state index is 11.9. The number of hydrogen-bond donors (Lipinski definition) is 1. The number of nitrogens with one attached hydrogen (secondary N) is 1. The maximum absolute atomic E-state index is 11.9. The van der Waals surface area contributed by atoms with E-state index in [-0.39, 0.29) is 12.0 Å². The van der Waals surface area contributed by atoms with Crippen molar-refractivity contribution in [3.8, 4) is 0 Å². The van der Waals surface area contributed by atoms with Gasteiger partial charge in [0.05, 0.1) is 6.61 Å². The van der Waals surface area contributed by atoms with Crippen molar-refractivity contribution in [1.29, 1.82) is 0 Å². The molecule has 1 fully saturated rings. The first-order valence-electron chi connectivity index (χ1n) is 7.86. The Kier molecular flexibility index (Phi) is 8.07. The van der Waals surface area contributed by atoms with Gasteiger partial charge in [-0.25, -0.2) is 0 Å². The summed E-state index contributed by atoms with van der Waals surface area (Å²) in [4.78, 5) is 14.4. The van der Waals surface area contributed by atoms with Gasteiger partial charge >= 0.3 is 5.97 Å². The van der Waals surface area contributed by atoms with Crippen molar-refractivity contribution in [3.63, 3.8) is 0 Å². The maximum Gasteiger partial charge on any atom is 0.323 e. The Bertz CT molecular complexity index is 255. The van der Waals surface area contributed by atoms with Gasteiger partial charge in [-0.1, -0.05) is 13.8 Å². The third kappa shape index (κ3) is 6.39. The van der Waals surface area contributed by atoms with E-state index in [0.717, 1.165) is 38.5 Å². The van der Waals surface area contributed by atoms with Crippen LogP contribution in [0.3, 0.4) is 0 Å². The van der Waals surface area contributed by atoms with Gasteiger partial charge in [-0.2, -0.15) is 0 Å². The molecule has 112 valence electrons. The van der Waals surface area contributed by atoms with Crippen LogP contribution in [0.5, 0.6) is 0 Å². The number of carbonyl (C=O) groups is 1. The molecule has 1 aliphatic rings. The van der Waals surface area contributed by atoms with Gasteiger partial charge in [-0.15, -0.1) is 0 Å². The number of nitrogens with zero attached hydrogens (tertiary/aromatic N) is 1. The number of esters is 1. The van der Waals surface area contributed by atoms with E-state index in [4.69, 9.17) is 4.74 Å². The topological polar surface area (TPSA) is 41.6 Å². The molecule has 0 saturated heterocycles. The molecule has 0 bridgehead atoms. The molecule has 0 aromatic rings. The molecule has 1 aliphatic carbocycles. The van der Waals surface area contributed by atoms with Crippen molar-refractivity contribution in [1.82, 2.24) is 10.2 Å². The molecule has 0 heterocycles. The lowest BCUT2D eigenvalue weighted by Gasteiger charge is -2.24. The number of ether oxygens (including phenoxy) is 1. The van der Waals surface area contributed by atoms with Crippen molar-refractivity contribution >= 4 is 5.97 Å². The first-order chi connectivity index (χ1) is 9.22. The summed E-state index contributed by atoms with van der Waals surface area (Å²) >= 11 is 0. The van der Waals surface area contributed by atoms with Crippen LogP contribution in [0.4, 0.5) is 0 Å². The largest absolute Gasteiger partial charge is 0.465 e. The summed E-state index contributed by atoms with van der Waals surface area (Å²) in [6.07, 6.45) is 5.73. The molecule has 0 aliphatic heterocycles. The van der Waals surface area contributed by atoms with E-state index in [2.05, 4.69) is 24.1 Å². The smallest absolute Gasteiger partial charge is 0.323 e. The van der Waals surface area contributed by atoms with Crippen LogP contribution in [-0.4, -0.2) is 49.2 Å². The summed E-state index contributed by atoms with van der Waals surface area (Å²) in [5, 5.41) is 3.31. The lowest BCUT2D eigenvalue weighted by atomic mass is 10.2. The highest BCUT2D eigenvalue weighted by atomic mass is 16.5. The monoisotopic (exact) mass is 270 g/mol. The van der Waals surface area contributed by atoms with Crippen molar-refractivity contribution < 1.29 is 9.53 Å². The molecule has 0 amide bonds. The second-order valence-electron chi connectivity index (χ2n) is 5.31. The van der Waals surface area contributed by atoms with Crippen LogP contribution in [0.2, 0.25) is 0 Å². The molecule has 19 heavy (non-hydrogen) atoms. The van der Waals surface area contributed by atoms with Crippen molar-refractivity contribution in [2.24, 2.45) is 0 Å². The van der Waals surface area contributed by atoms with E-state index in [1.54, 1.807) is 0 Å². The highest BCUT2D eigenvalue weighted by Gasteiger charge is 2.29. The Morgan fingerprint density at radius 3 is 2.53 bits per heavy atom. The Labute approximate surface area is 117 Å². The van der Waals surface area contributed by atoms with Gasteiger partial charge in [0, 0.05) is 12.6 Å². The molecule has 0 radical (unpaired) electrons. The average molecular weight is 270 g/mol. The standard InChI is InChI=1S/C15H30N2O2/c1-4-10-16-14(15(18)19-6-3)9-12-17(11-5-2)13-7-8-13/h13-14,16H,4-12H2,1-3H3. The minimum absolute atomic E-state index is 0.0943. The first kappa shape index (κ1) is 16.4. The molecule has 4 heteroatoms. The van der Waals surface area contributed by atoms with Crippen LogP contribution in [0.15, 0.2) is 0 Å². The molecule has 1 unspecified atom stereocenters. The fourth-order valence-corrected chi connectivity index (χ4v) is 2.36. The van der Waals surface area contributed by atoms with E-state index >= 15 is 0 Å². The molecule has 4 nitrogen and oxygen atoms in total. The predicted octanol–water partition coefficient (Wildman–Crippen LogP) is 2.18. The molecule has 0 aromatic heterocycles. The normalized spacial score (nSPS) is 16.6. The Hall–Kier alpha value is -0.610. The van der Waals surface area contributed by atoms with E-state index in [9.17, 15) is 4.79 Å². The quantitative estimate of drug-likeness (QED) is 0.584. The minimum atomic E-state index is -0.141. The Balaban J connectivity index is 2.38. The van der Waals surface area contributed by atoms with E-state index in [1.807, 2.05) is 6.92 Å². The van der Waals surface area contributed by atoms with Gasteiger partial charge in [0.1, 0.15) is 6.04 Å². The summed E-state index contributed by atoms with van der Waals surface area (Å²) in [6.45, 7) is 9.68. The van der Waals surface area contributed by atoms with Crippen LogP contribution in [0, 0.1) is 0 Å². The minimum Gasteiger partial charge on any atom is -0.465 e. The van der Waals surface area contributed by atoms with E-state index < -0.39 is 0 Å². The van der Waals surface area contributed by atoms with Crippen LogP contribution in [-0.2, 0) is 9.53 Å². The summed E-state index contributed by atoms with van der Waals surface area (Å²) in [5.74, 6) is -0.0943. The van der Waals surface area contributed by atoms with Crippen LogP contribution < -0.4 is 5.32 Å². The fraction of sp³-hybridized carbons (Fsp3) is 0.933. The predicted molar refractivity (Wildman–Crippen MR) is 78.2 cm³/mol. The lowest BCUT2D eigenvalue weighted by molar-refractivity contribution is -0.145. The summed E-state index contributed by atoms with van der Waals surface area (Å²) in [6, 6.07) is 0.631. The first-order valence-corrected chi connectivity index (χ1v) is 7.86. The van der Waals surface area contributed by atoms with Gasteiger partial charge < -0.3 is 15.0 Å². The fourth-order valence-electron chi connectivity index (χ4n) is 2.36. The molecular formula is C15H30N2O2. The van der Waals surface area contributed by atoms with Crippen molar-refractivity contribution in [2.45, 2.75) is 65.0 Å². The van der Waals surface area contributed by atoms with Crippen molar-refractivity contribution in [3.05, 3.63) is 0 Å². The number of hydrogen-bond acceptors (Lipinski definition) is 4. The zero-order valence-corrected chi connectivity index (χ0v) is 12.8. The zero-order valence-electron chi connectivity index (χ0n) is 12.8. The number of rotatable bonds is 11. The third-order valence-corrected chi connectivity index (χ3v) is 3.49. The van der Waals surface area contributed by atoms with E-state index in [1.165, 1.54) is 19.3 Å². The Morgan fingerprint density at radius 2 is 2.00 bits per heavy atom. The van der Waals surface area contributed by atoms with Crippen LogP contribution in [0.1, 0.15) is 52.9 Å². The molecule has 1 saturated carbocycles. The summed E-state index contributed by atoms with van der Waals surface area (Å²) < 4.78 is 5.15. The molecule has 1 atom stereocenters. The highest BCUT2D eigenvalue weighted by molar-refractivity contribution is 5.75. The highest BCUT2D eigenvalue weighted by Crippen LogP contribution is 2.27. The molecule has 1 N–H and O–H groups in total. The summed E-state index contributed by atoms with van der Waals surface area (Å²) in [7, 11) is 0. The second-order valence-corrected chi connectivity index (χ2v) is 5.31. The average Bonchev–Trinajstić information content (AvgIpc) is 3.22. The van der Waals surface area contributed by atoms with Crippen LogP contribution >= 0.6 is 0 Å².